The number of carbonyl (C=O) groups is 1. The van der Waals surface area contributed by atoms with Gasteiger partial charge in [0.2, 0.25) is 0 Å². The van der Waals surface area contributed by atoms with Crippen molar-refractivity contribution in [1.82, 2.24) is 5.32 Å². The Morgan fingerprint density at radius 2 is 2.06 bits per heavy atom. The lowest BCUT2D eigenvalue weighted by molar-refractivity contribution is -0.117. The van der Waals surface area contributed by atoms with Crippen LogP contribution in [0.5, 0.6) is 0 Å². The van der Waals surface area contributed by atoms with Gasteiger partial charge in [0.05, 0.1) is 33.0 Å². The lowest BCUT2D eigenvalue weighted by Gasteiger charge is -2.10. The van der Waals surface area contributed by atoms with Gasteiger partial charge in [-0.1, -0.05) is 31.2 Å². The number of aliphatic hydroxyl groups excluding tert-OH is 1. The van der Waals surface area contributed by atoms with E-state index in [1.54, 1.807) is 6.08 Å². The van der Waals surface area contributed by atoms with Gasteiger partial charge >= 0.3 is 0 Å². The second-order valence-electron chi connectivity index (χ2n) is 7.35. The van der Waals surface area contributed by atoms with Crippen molar-refractivity contribution < 1.29 is 19.4 Å². The third kappa shape index (κ3) is 6.28. The highest BCUT2D eigenvalue weighted by Gasteiger charge is 2.32. The first-order valence-corrected chi connectivity index (χ1v) is 10.6. The third-order valence-corrected chi connectivity index (χ3v) is 5.19. The highest BCUT2D eigenvalue weighted by Crippen LogP contribution is 2.36. The molecule has 0 radical (unpaired) electrons. The lowest BCUT2D eigenvalue weighted by atomic mass is 10.0. The molecule has 1 unspecified atom stereocenters. The molecule has 1 amide bonds. The van der Waals surface area contributed by atoms with Crippen LogP contribution in [0.15, 0.2) is 42.0 Å². The van der Waals surface area contributed by atoms with Gasteiger partial charge in [0, 0.05) is 30.2 Å². The first-order chi connectivity index (χ1) is 15.2. The van der Waals surface area contributed by atoms with Gasteiger partial charge in [-0.05, 0) is 35.6 Å². The van der Waals surface area contributed by atoms with Crippen LogP contribution in [0, 0.1) is 11.3 Å². The molecule has 7 nitrogen and oxygen atoms in total. The summed E-state index contributed by atoms with van der Waals surface area (Å²) in [6.07, 6.45) is 2.74. The van der Waals surface area contributed by atoms with Crippen molar-refractivity contribution >= 4 is 28.4 Å². The highest BCUT2D eigenvalue weighted by molar-refractivity contribution is 6.03. The smallest absolute Gasteiger partial charge is 0.262 e. The number of benzene rings is 2. The number of rotatable bonds is 12. The van der Waals surface area contributed by atoms with Crippen LogP contribution in [0.1, 0.15) is 18.9 Å². The maximum atomic E-state index is 12.4. The fraction of sp³-hybridized carbons (Fsp3) is 0.417. The van der Waals surface area contributed by atoms with Gasteiger partial charge in [0.15, 0.2) is 0 Å². The minimum Gasteiger partial charge on any atom is -0.394 e. The lowest BCUT2D eigenvalue weighted by Crippen LogP contribution is -2.28. The molecule has 3 rings (SSSR count). The monoisotopic (exact) mass is 423 g/mol. The molecule has 164 valence electrons. The Hall–Kier alpha value is -2.92. The quantitative estimate of drug-likeness (QED) is 0.236. The number of amides is 1. The Morgan fingerprint density at radius 1 is 1.26 bits per heavy atom. The van der Waals surface area contributed by atoms with E-state index in [9.17, 15) is 10.1 Å². The SMILES string of the molecule is CCC1CN1c1cccc2ccc(/C=C(\C#N)C(=O)NCCOCCOCCO)cc12. The van der Waals surface area contributed by atoms with Gasteiger partial charge in [0.25, 0.3) is 5.91 Å². The van der Waals surface area contributed by atoms with Crippen LogP contribution in [0.25, 0.3) is 16.8 Å². The van der Waals surface area contributed by atoms with E-state index in [0.717, 1.165) is 29.3 Å². The second-order valence-corrected chi connectivity index (χ2v) is 7.35. The van der Waals surface area contributed by atoms with Crippen LogP contribution < -0.4 is 10.2 Å². The molecule has 1 atom stereocenters. The number of anilines is 1. The summed E-state index contributed by atoms with van der Waals surface area (Å²) in [5.41, 5.74) is 2.07. The fourth-order valence-electron chi connectivity index (χ4n) is 3.47. The molecular weight excluding hydrogens is 394 g/mol. The number of hydrogen-bond acceptors (Lipinski definition) is 6. The molecule has 31 heavy (non-hydrogen) atoms. The molecule has 2 N–H and O–H groups in total. The second kappa shape index (κ2) is 11.5. The molecular formula is C24H29N3O4. The third-order valence-electron chi connectivity index (χ3n) is 5.19. The number of hydrogen-bond donors (Lipinski definition) is 2. The van der Waals surface area contributed by atoms with Gasteiger partial charge < -0.3 is 24.8 Å². The molecule has 2 aromatic carbocycles. The number of ether oxygens (including phenoxy) is 2. The number of nitriles is 1. The van der Waals surface area contributed by atoms with Crippen molar-refractivity contribution in [3.8, 4) is 6.07 Å². The summed E-state index contributed by atoms with van der Waals surface area (Å²) in [6, 6.07) is 14.8. The van der Waals surface area contributed by atoms with Crippen LogP contribution in [-0.2, 0) is 14.3 Å². The zero-order valence-electron chi connectivity index (χ0n) is 17.8. The number of nitrogens with zero attached hydrogens (tertiary/aromatic N) is 2. The topological polar surface area (TPSA) is 94.6 Å². The minimum atomic E-state index is -0.423. The average molecular weight is 424 g/mol. The van der Waals surface area contributed by atoms with E-state index in [1.165, 1.54) is 5.69 Å². The summed E-state index contributed by atoms with van der Waals surface area (Å²) in [5.74, 6) is -0.423. The Balaban J connectivity index is 1.60. The van der Waals surface area contributed by atoms with E-state index >= 15 is 0 Å². The first-order valence-electron chi connectivity index (χ1n) is 10.6. The van der Waals surface area contributed by atoms with Gasteiger partial charge in [0.1, 0.15) is 11.6 Å². The van der Waals surface area contributed by atoms with Crippen LogP contribution >= 0.6 is 0 Å². The summed E-state index contributed by atoms with van der Waals surface area (Å²) in [5, 5.41) is 23.0. The molecule has 1 aliphatic heterocycles. The van der Waals surface area contributed by atoms with Crippen LogP contribution in [-0.4, -0.2) is 63.2 Å². The van der Waals surface area contributed by atoms with Crippen molar-refractivity contribution in [3.05, 3.63) is 47.5 Å². The number of fused-ring (bicyclic) bond motifs is 1. The number of nitrogens with one attached hydrogen (secondary N) is 1. The van der Waals surface area contributed by atoms with E-state index in [4.69, 9.17) is 14.6 Å². The minimum absolute atomic E-state index is 0.0185. The first kappa shape index (κ1) is 22.8. The average Bonchev–Trinajstić information content (AvgIpc) is 3.58. The molecule has 0 aromatic heterocycles. The summed E-state index contributed by atoms with van der Waals surface area (Å²) in [6.45, 7) is 4.91. The molecule has 2 aromatic rings. The van der Waals surface area contributed by atoms with Gasteiger partial charge in [-0.15, -0.1) is 0 Å². The van der Waals surface area contributed by atoms with Gasteiger partial charge in [-0.2, -0.15) is 5.26 Å². The Bertz CT molecular complexity index is 967. The highest BCUT2D eigenvalue weighted by atomic mass is 16.5. The van der Waals surface area contributed by atoms with Crippen molar-refractivity contribution in [2.24, 2.45) is 0 Å². The Labute approximate surface area is 182 Å². The maximum absolute atomic E-state index is 12.4. The fourth-order valence-corrected chi connectivity index (χ4v) is 3.47. The Morgan fingerprint density at radius 3 is 2.77 bits per heavy atom. The summed E-state index contributed by atoms with van der Waals surface area (Å²) < 4.78 is 10.4. The van der Waals surface area contributed by atoms with Crippen molar-refractivity contribution in [3.63, 3.8) is 0 Å². The normalized spacial score (nSPS) is 15.7. The molecule has 0 spiro atoms. The van der Waals surface area contributed by atoms with Crippen LogP contribution in [0.4, 0.5) is 5.69 Å². The predicted octanol–water partition coefficient (Wildman–Crippen LogP) is 2.49. The zero-order valence-corrected chi connectivity index (χ0v) is 17.8. The molecule has 1 saturated heterocycles. The number of aliphatic hydroxyl groups is 1. The molecule has 0 bridgehead atoms. The van der Waals surface area contributed by atoms with Gasteiger partial charge in [-0.3, -0.25) is 4.79 Å². The van der Waals surface area contributed by atoms with Gasteiger partial charge in [-0.25, -0.2) is 0 Å². The van der Waals surface area contributed by atoms with Crippen LogP contribution in [0.2, 0.25) is 0 Å². The molecule has 0 aliphatic carbocycles. The standard InChI is InChI=1S/C24H29N3O4/c1-2-21-17-27(21)23-5-3-4-19-7-6-18(15-22(19)23)14-20(16-25)24(29)26-8-10-30-12-13-31-11-9-28/h3-7,14-15,21,28H,2,8-13,17H2,1H3,(H,26,29)/b20-14+. The zero-order chi connectivity index (χ0) is 22.1. The molecule has 1 aliphatic rings. The molecule has 1 heterocycles. The largest absolute Gasteiger partial charge is 0.394 e. The number of carbonyl (C=O) groups excluding carboxylic acids is 1. The maximum Gasteiger partial charge on any atom is 0.262 e. The molecule has 1 fully saturated rings. The van der Waals surface area contributed by atoms with E-state index in [0.29, 0.717) is 32.4 Å². The van der Waals surface area contributed by atoms with Crippen molar-refractivity contribution in [2.75, 3.05) is 51.0 Å². The van der Waals surface area contributed by atoms with Crippen molar-refractivity contribution in [1.29, 1.82) is 5.26 Å². The van der Waals surface area contributed by atoms with E-state index < -0.39 is 5.91 Å². The van der Waals surface area contributed by atoms with E-state index in [1.807, 2.05) is 24.3 Å². The summed E-state index contributed by atoms with van der Waals surface area (Å²) in [7, 11) is 0. The summed E-state index contributed by atoms with van der Waals surface area (Å²) in [4.78, 5) is 14.7. The van der Waals surface area contributed by atoms with E-state index in [-0.39, 0.29) is 18.8 Å². The Kier molecular flexibility index (Phi) is 8.42. The van der Waals surface area contributed by atoms with Crippen LogP contribution in [0.3, 0.4) is 0 Å². The van der Waals surface area contributed by atoms with E-state index in [2.05, 4.69) is 35.3 Å². The molecule has 7 heteroatoms. The van der Waals surface area contributed by atoms with Crippen molar-refractivity contribution in [2.45, 2.75) is 19.4 Å². The summed E-state index contributed by atoms with van der Waals surface area (Å²) >= 11 is 0. The molecule has 0 saturated carbocycles. The predicted molar refractivity (Wildman–Crippen MR) is 121 cm³/mol.